The number of carbonyl (C=O) groups is 1. The zero-order valence-electron chi connectivity index (χ0n) is 10.3. The van der Waals surface area contributed by atoms with E-state index in [0.29, 0.717) is 25.2 Å². The summed E-state index contributed by atoms with van der Waals surface area (Å²) < 4.78 is 13.3. The van der Waals surface area contributed by atoms with Crippen LogP contribution in [0.5, 0.6) is 0 Å². The molecule has 0 unspecified atom stereocenters. The summed E-state index contributed by atoms with van der Waals surface area (Å²) in [6.45, 7) is 3.09. The van der Waals surface area contributed by atoms with Crippen LogP contribution in [0.1, 0.15) is 25.3 Å². The Morgan fingerprint density at radius 3 is 2.83 bits per heavy atom. The normalized spacial score (nSPS) is 9.61. The van der Waals surface area contributed by atoms with Crippen LogP contribution in [-0.2, 0) is 4.79 Å². The molecule has 0 saturated heterocycles. The Bertz CT molecular complexity index is 454. The number of nitrogens with zero attached hydrogens (tertiary/aromatic N) is 1. The molecule has 5 heteroatoms. The second kappa shape index (κ2) is 7.28. The number of nitrogens with one attached hydrogen (secondary N) is 2. The summed E-state index contributed by atoms with van der Waals surface area (Å²) in [5.74, 6) is -0.587. The number of benzene rings is 1. The Morgan fingerprint density at radius 1 is 1.44 bits per heavy atom. The SMILES string of the molecule is CCCNC(=O)CCNc1ccc(C#N)c(F)c1. The van der Waals surface area contributed by atoms with Crippen molar-refractivity contribution in [1.29, 1.82) is 5.26 Å². The number of amides is 1. The average molecular weight is 249 g/mol. The highest BCUT2D eigenvalue weighted by Gasteiger charge is 2.03. The minimum absolute atomic E-state index is 0.0150. The van der Waals surface area contributed by atoms with Crippen LogP contribution >= 0.6 is 0 Å². The van der Waals surface area contributed by atoms with E-state index < -0.39 is 5.82 Å². The van der Waals surface area contributed by atoms with Crippen LogP contribution < -0.4 is 10.6 Å². The molecule has 18 heavy (non-hydrogen) atoms. The minimum atomic E-state index is -0.557. The topological polar surface area (TPSA) is 64.9 Å². The fraction of sp³-hybridized carbons (Fsp3) is 0.385. The van der Waals surface area contributed by atoms with E-state index in [1.807, 2.05) is 6.92 Å². The lowest BCUT2D eigenvalue weighted by Crippen LogP contribution is -2.25. The third kappa shape index (κ3) is 4.42. The largest absolute Gasteiger partial charge is 0.384 e. The van der Waals surface area contributed by atoms with Crippen molar-refractivity contribution >= 4 is 11.6 Å². The Morgan fingerprint density at radius 2 is 2.22 bits per heavy atom. The van der Waals surface area contributed by atoms with Crippen molar-refractivity contribution in [3.8, 4) is 6.07 Å². The molecule has 0 aliphatic heterocycles. The van der Waals surface area contributed by atoms with E-state index in [4.69, 9.17) is 5.26 Å². The Labute approximate surface area is 106 Å². The van der Waals surface area contributed by atoms with E-state index in [1.165, 1.54) is 12.1 Å². The summed E-state index contributed by atoms with van der Waals surface area (Å²) in [6, 6.07) is 6.03. The monoisotopic (exact) mass is 249 g/mol. The third-order valence-electron chi connectivity index (χ3n) is 2.34. The van der Waals surface area contributed by atoms with Crippen molar-refractivity contribution in [2.45, 2.75) is 19.8 Å². The molecule has 1 amide bonds. The van der Waals surface area contributed by atoms with E-state index in [0.717, 1.165) is 6.42 Å². The molecule has 0 spiro atoms. The van der Waals surface area contributed by atoms with Crippen LogP contribution in [0, 0.1) is 17.1 Å². The van der Waals surface area contributed by atoms with Crippen molar-refractivity contribution in [3.63, 3.8) is 0 Å². The maximum Gasteiger partial charge on any atom is 0.221 e. The van der Waals surface area contributed by atoms with E-state index >= 15 is 0 Å². The van der Waals surface area contributed by atoms with Crippen LogP contribution in [0.2, 0.25) is 0 Å². The van der Waals surface area contributed by atoms with Crippen molar-refractivity contribution in [3.05, 3.63) is 29.6 Å². The maximum atomic E-state index is 13.3. The van der Waals surface area contributed by atoms with Gasteiger partial charge in [-0.1, -0.05) is 6.92 Å². The smallest absolute Gasteiger partial charge is 0.221 e. The molecule has 0 saturated carbocycles. The van der Waals surface area contributed by atoms with Crippen molar-refractivity contribution in [1.82, 2.24) is 5.32 Å². The van der Waals surface area contributed by atoms with Gasteiger partial charge in [-0.05, 0) is 24.6 Å². The standard InChI is InChI=1S/C13H16FN3O/c1-2-6-17-13(18)5-7-16-11-4-3-10(9-15)12(14)8-11/h3-4,8,16H,2,5-7H2,1H3,(H,17,18). The first-order valence-corrected chi connectivity index (χ1v) is 5.87. The van der Waals surface area contributed by atoms with E-state index in [2.05, 4.69) is 10.6 Å². The molecule has 96 valence electrons. The molecular weight excluding hydrogens is 233 g/mol. The molecule has 0 aromatic heterocycles. The fourth-order valence-electron chi connectivity index (χ4n) is 1.39. The zero-order chi connectivity index (χ0) is 13.4. The van der Waals surface area contributed by atoms with Crippen LogP contribution in [-0.4, -0.2) is 19.0 Å². The van der Waals surface area contributed by atoms with Gasteiger partial charge < -0.3 is 10.6 Å². The highest BCUT2D eigenvalue weighted by Crippen LogP contribution is 2.13. The lowest BCUT2D eigenvalue weighted by atomic mass is 10.2. The molecule has 0 radical (unpaired) electrons. The summed E-state index contributed by atoms with van der Waals surface area (Å²) in [4.78, 5) is 11.3. The molecule has 0 atom stereocenters. The number of nitriles is 1. The first-order valence-electron chi connectivity index (χ1n) is 5.87. The summed E-state index contributed by atoms with van der Waals surface area (Å²) >= 11 is 0. The lowest BCUT2D eigenvalue weighted by molar-refractivity contribution is -0.120. The fourth-order valence-corrected chi connectivity index (χ4v) is 1.39. The van der Waals surface area contributed by atoms with Crippen molar-refractivity contribution in [2.75, 3.05) is 18.4 Å². The molecule has 0 aliphatic rings. The molecule has 0 aliphatic carbocycles. The van der Waals surface area contributed by atoms with Gasteiger partial charge in [0.05, 0.1) is 5.56 Å². The van der Waals surface area contributed by atoms with Gasteiger partial charge in [0.25, 0.3) is 0 Å². The molecule has 1 aromatic carbocycles. The highest BCUT2D eigenvalue weighted by atomic mass is 19.1. The zero-order valence-corrected chi connectivity index (χ0v) is 10.3. The Kier molecular flexibility index (Phi) is 5.65. The van der Waals surface area contributed by atoms with Crippen molar-refractivity contribution in [2.24, 2.45) is 0 Å². The number of halogens is 1. The molecule has 1 aromatic rings. The number of hydrogen-bond donors (Lipinski definition) is 2. The Hall–Kier alpha value is -2.09. The van der Waals surface area contributed by atoms with E-state index in [9.17, 15) is 9.18 Å². The van der Waals surface area contributed by atoms with Gasteiger partial charge in [-0.25, -0.2) is 4.39 Å². The molecule has 4 nitrogen and oxygen atoms in total. The van der Waals surface area contributed by atoms with Gasteiger partial charge in [-0.3, -0.25) is 4.79 Å². The van der Waals surface area contributed by atoms with Gasteiger partial charge >= 0.3 is 0 Å². The van der Waals surface area contributed by atoms with Gasteiger partial charge in [-0.15, -0.1) is 0 Å². The van der Waals surface area contributed by atoms with Gasteiger partial charge in [-0.2, -0.15) is 5.26 Å². The van der Waals surface area contributed by atoms with Crippen LogP contribution in [0.25, 0.3) is 0 Å². The second-order valence-corrected chi connectivity index (χ2v) is 3.83. The van der Waals surface area contributed by atoms with Gasteiger partial charge in [0.1, 0.15) is 11.9 Å². The highest BCUT2D eigenvalue weighted by molar-refractivity contribution is 5.76. The minimum Gasteiger partial charge on any atom is -0.384 e. The van der Waals surface area contributed by atoms with Crippen LogP contribution in [0.3, 0.4) is 0 Å². The first kappa shape index (κ1) is 14.0. The van der Waals surface area contributed by atoms with E-state index in [-0.39, 0.29) is 11.5 Å². The number of anilines is 1. The first-order chi connectivity index (χ1) is 8.67. The number of hydrogen-bond acceptors (Lipinski definition) is 3. The van der Waals surface area contributed by atoms with Gasteiger partial charge in [0.2, 0.25) is 5.91 Å². The maximum absolute atomic E-state index is 13.3. The summed E-state index contributed by atoms with van der Waals surface area (Å²) in [5, 5.41) is 14.3. The summed E-state index contributed by atoms with van der Waals surface area (Å²) in [5.41, 5.74) is 0.580. The number of rotatable bonds is 6. The average Bonchev–Trinajstić information content (AvgIpc) is 2.36. The van der Waals surface area contributed by atoms with E-state index in [1.54, 1.807) is 12.1 Å². The van der Waals surface area contributed by atoms with Crippen LogP contribution in [0.15, 0.2) is 18.2 Å². The molecule has 1 rings (SSSR count). The summed E-state index contributed by atoms with van der Waals surface area (Å²) in [7, 11) is 0. The molecule has 0 bridgehead atoms. The quantitative estimate of drug-likeness (QED) is 0.810. The summed E-state index contributed by atoms with van der Waals surface area (Å²) in [6.07, 6.45) is 1.24. The van der Waals surface area contributed by atoms with Crippen LogP contribution in [0.4, 0.5) is 10.1 Å². The Balaban J connectivity index is 2.38. The molecular formula is C13H16FN3O. The molecule has 0 heterocycles. The molecule has 2 N–H and O–H groups in total. The predicted molar refractivity (Wildman–Crippen MR) is 67.5 cm³/mol. The molecule has 0 fully saturated rings. The van der Waals surface area contributed by atoms with Gasteiger partial charge in [0.15, 0.2) is 0 Å². The third-order valence-corrected chi connectivity index (χ3v) is 2.34. The lowest BCUT2D eigenvalue weighted by Gasteiger charge is -2.07. The predicted octanol–water partition coefficient (Wildman–Crippen LogP) is 2.03. The van der Waals surface area contributed by atoms with Gasteiger partial charge in [0, 0.05) is 25.2 Å². The number of carbonyl (C=O) groups excluding carboxylic acids is 1. The second-order valence-electron chi connectivity index (χ2n) is 3.83. The van der Waals surface area contributed by atoms with Crippen molar-refractivity contribution < 1.29 is 9.18 Å².